The van der Waals surface area contributed by atoms with Crippen LogP contribution in [0.1, 0.15) is 15.9 Å². The number of carboxylic acids is 1. The van der Waals surface area contributed by atoms with Crippen LogP contribution in [-0.2, 0) is 11.2 Å². The zero-order valence-corrected chi connectivity index (χ0v) is 16.2. The van der Waals surface area contributed by atoms with Crippen LogP contribution in [0.4, 0.5) is 16.0 Å². The molecular formula is C22H21FN2O5. The fourth-order valence-electron chi connectivity index (χ4n) is 3.47. The molecule has 4 rings (SSSR count). The Morgan fingerprint density at radius 3 is 2.57 bits per heavy atom. The first-order valence-electron chi connectivity index (χ1n) is 9.67. The zero-order chi connectivity index (χ0) is 21.1. The first kappa shape index (κ1) is 19.9. The molecule has 7 nitrogen and oxygen atoms in total. The fourth-order valence-corrected chi connectivity index (χ4v) is 3.47. The van der Waals surface area contributed by atoms with Crippen LogP contribution in [-0.4, -0.2) is 43.9 Å². The number of halogens is 1. The Hall–Kier alpha value is -3.39. The maximum atomic E-state index is 13.1. The number of nitrogens with one attached hydrogen (secondary N) is 1. The number of benzene rings is 2. The van der Waals surface area contributed by atoms with Gasteiger partial charge in [-0.2, -0.15) is 0 Å². The SMILES string of the molecule is O=C(O)c1cc(CCNc2ccc(F)cc2)c2oc(N3CCOCC3)cc(=O)c2c1. The topological polar surface area (TPSA) is 92.0 Å². The molecule has 2 heterocycles. The van der Waals surface area contributed by atoms with E-state index in [4.69, 9.17) is 9.15 Å². The van der Waals surface area contributed by atoms with E-state index in [1.165, 1.54) is 30.3 Å². The number of ether oxygens (including phenoxy) is 1. The molecule has 1 aliphatic rings. The Bertz CT molecular complexity index is 1120. The van der Waals surface area contributed by atoms with Crippen molar-refractivity contribution in [1.82, 2.24) is 0 Å². The van der Waals surface area contributed by atoms with Gasteiger partial charge in [0, 0.05) is 31.4 Å². The normalized spacial score (nSPS) is 14.1. The largest absolute Gasteiger partial charge is 0.478 e. The number of carboxylic acid groups (broad SMARTS) is 1. The number of hydrogen-bond donors (Lipinski definition) is 2. The summed E-state index contributed by atoms with van der Waals surface area (Å²) in [6.07, 6.45) is 0.421. The Morgan fingerprint density at radius 1 is 1.13 bits per heavy atom. The highest BCUT2D eigenvalue weighted by atomic mass is 19.1. The summed E-state index contributed by atoms with van der Waals surface area (Å²) in [7, 11) is 0. The molecule has 0 saturated carbocycles. The molecule has 3 aromatic rings. The predicted molar refractivity (Wildman–Crippen MR) is 111 cm³/mol. The summed E-state index contributed by atoms with van der Waals surface area (Å²) in [6, 6.07) is 10.2. The lowest BCUT2D eigenvalue weighted by Crippen LogP contribution is -2.36. The van der Waals surface area contributed by atoms with E-state index in [2.05, 4.69) is 5.32 Å². The number of carbonyl (C=O) groups is 1. The second-order valence-electron chi connectivity index (χ2n) is 7.05. The van der Waals surface area contributed by atoms with Crippen LogP contribution in [0.25, 0.3) is 11.0 Å². The minimum atomic E-state index is -1.11. The van der Waals surface area contributed by atoms with Crippen LogP contribution in [0.5, 0.6) is 0 Å². The van der Waals surface area contributed by atoms with Gasteiger partial charge < -0.3 is 24.5 Å². The second-order valence-corrected chi connectivity index (χ2v) is 7.05. The van der Waals surface area contributed by atoms with Crippen molar-refractivity contribution in [2.24, 2.45) is 0 Å². The number of rotatable bonds is 6. The van der Waals surface area contributed by atoms with Gasteiger partial charge in [-0.05, 0) is 48.4 Å². The van der Waals surface area contributed by atoms with Crippen LogP contribution < -0.4 is 15.6 Å². The molecule has 0 unspecified atom stereocenters. The van der Waals surface area contributed by atoms with Crippen molar-refractivity contribution in [3.63, 3.8) is 0 Å². The van der Waals surface area contributed by atoms with Gasteiger partial charge in [0.25, 0.3) is 0 Å². The van der Waals surface area contributed by atoms with E-state index in [0.717, 1.165) is 5.69 Å². The van der Waals surface area contributed by atoms with Crippen LogP contribution >= 0.6 is 0 Å². The third-order valence-corrected chi connectivity index (χ3v) is 5.03. The molecule has 2 N–H and O–H groups in total. The van der Waals surface area contributed by atoms with E-state index in [1.807, 2.05) is 4.90 Å². The van der Waals surface area contributed by atoms with Gasteiger partial charge in [0.15, 0.2) is 11.3 Å². The number of aromatic carboxylic acids is 1. The van der Waals surface area contributed by atoms with E-state index in [9.17, 15) is 19.1 Å². The molecule has 156 valence electrons. The molecule has 0 radical (unpaired) electrons. The van der Waals surface area contributed by atoms with Gasteiger partial charge in [-0.25, -0.2) is 9.18 Å². The summed E-state index contributed by atoms with van der Waals surface area (Å²) in [4.78, 5) is 26.2. The highest BCUT2D eigenvalue weighted by Crippen LogP contribution is 2.25. The molecule has 1 aromatic heterocycles. The van der Waals surface area contributed by atoms with E-state index < -0.39 is 5.97 Å². The van der Waals surface area contributed by atoms with E-state index >= 15 is 0 Å². The van der Waals surface area contributed by atoms with E-state index in [0.29, 0.717) is 56.3 Å². The van der Waals surface area contributed by atoms with Gasteiger partial charge in [0.05, 0.1) is 24.2 Å². The van der Waals surface area contributed by atoms with Crippen molar-refractivity contribution >= 4 is 28.5 Å². The molecule has 0 bridgehead atoms. The molecule has 0 aliphatic carbocycles. The predicted octanol–water partition coefficient (Wildman–Crippen LogP) is 3.12. The Balaban J connectivity index is 1.67. The molecule has 1 aliphatic heterocycles. The quantitative estimate of drug-likeness (QED) is 0.643. The number of fused-ring (bicyclic) bond motifs is 1. The molecule has 0 spiro atoms. The summed E-state index contributed by atoms with van der Waals surface area (Å²) in [6.45, 7) is 2.78. The lowest BCUT2D eigenvalue weighted by Gasteiger charge is -2.27. The highest BCUT2D eigenvalue weighted by molar-refractivity contribution is 5.94. The first-order valence-corrected chi connectivity index (χ1v) is 9.67. The molecule has 8 heteroatoms. The summed E-state index contributed by atoms with van der Waals surface area (Å²) in [5, 5.41) is 12.8. The number of hydrogen-bond acceptors (Lipinski definition) is 6. The molecule has 2 aromatic carbocycles. The van der Waals surface area contributed by atoms with Crippen molar-refractivity contribution in [1.29, 1.82) is 0 Å². The smallest absolute Gasteiger partial charge is 0.335 e. The second kappa shape index (κ2) is 8.54. The summed E-state index contributed by atoms with van der Waals surface area (Å²) < 4.78 is 24.5. The standard InChI is InChI=1S/C22H21FN2O5/c23-16-1-3-17(4-2-16)24-6-5-14-11-15(22(27)28)12-18-19(26)13-20(30-21(14)18)25-7-9-29-10-8-25/h1-4,11-13,24H,5-10H2,(H,27,28). The summed E-state index contributed by atoms with van der Waals surface area (Å²) in [5.74, 6) is -0.981. The molecule has 30 heavy (non-hydrogen) atoms. The Kier molecular flexibility index (Phi) is 5.67. The first-order chi connectivity index (χ1) is 14.5. The third kappa shape index (κ3) is 4.28. The molecule has 0 amide bonds. The maximum Gasteiger partial charge on any atom is 0.335 e. The lowest BCUT2D eigenvalue weighted by atomic mass is 10.0. The average molecular weight is 412 g/mol. The van der Waals surface area contributed by atoms with Crippen molar-refractivity contribution < 1.29 is 23.4 Å². The lowest BCUT2D eigenvalue weighted by molar-refractivity contribution is 0.0697. The summed E-state index contributed by atoms with van der Waals surface area (Å²) >= 11 is 0. The number of nitrogens with zero attached hydrogens (tertiary/aromatic N) is 1. The minimum absolute atomic E-state index is 0.0331. The molecular weight excluding hydrogens is 391 g/mol. The van der Waals surface area contributed by atoms with Crippen molar-refractivity contribution in [2.45, 2.75) is 6.42 Å². The average Bonchev–Trinajstić information content (AvgIpc) is 2.75. The zero-order valence-electron chi connectivity index (χ0n) is 16.2. The molecule has 1 saturated heterocycles. The van der Waals surface area contributed by atoms with Crippen LogP contribution in [0.3, 0.4) is 0 Å². The van der Waals surface area contributed by atoms with Gasteiger partial charge >= 0.3 is 5.97 Å². The molecule has 1 fully saturated rings. The van der Waals surface area contributed by atoms with Crippen LogP contribution in [0, 0.1) is 5.82 Å². The van der Waals surface area contributed by atoms with Gasteiger partial charge in [-0.3, -0.25) is 4.79 Å². The highest BCUT2D eigenvalue weighted by Gasteiger charge is 2.18. The minimum Gasteiger partial charge on any atom is -0.478 e. The maximum absolute atomic E-state index is 13.1. The Morgan fingerprint density at radius 2 is 1.87 bits per heavy atom. The van der Waals surface area contributed by atoms with E-state index in [-0.39, 0.29) is 22.2 Å². The molecule has 0 atom stereocenters. The van der Waals surface area contributed by atoms with Crippen LogP contribution in [0.15, 0.2) is 51.7 Å². The Labute approximate surface area is 171 Å². The van der Waals surface area contributed by atoms with Gasteiger partial charge in [-0.15, -0.1) is 0 Å². The summed E-state index contributed by atoms with van der Waals surface area (Å²) in [5.41, 5.74) is 1.49. The number of anilines is 2. The van der Waals surface area contributed by atoms with Gasteiger partial charge in [0.1, 0.15) is 11.4 Å². The van der Waals surface area contributed by atoms with Crippen molar-refractivity contribution in [3.05, 3.63) is 69.6 Å². The van der Waals surface area contributed by atoms with Crippen molar-refractivity contribution in [2.75, 3.05) is 43.1 Å². The van der Waals surface area contributed by atoms with E-state index in [1.54, 1.807) is 12.1 Å². The van der Waals surface area contributed by atoms with Gasteiger partial charge in [0.2, 0.25) is 0 Å². The fraction of sp³-hybridized carbons (Fsp3) is 0.273. The van der Waals surface area contributed by atoms with Crippen molar-refractivity contribution in [3.8, 4) is 0 Å². The van der Waals surface area contributed by atoms with Gasteiger partial charge in [-0.1, -0.05) is 0 Å². The monoisotopic (exact) mass is 412 g/mol. The number of morpholine rings is 1. The third-order valence-electron chi connectivity index (χ3n) is 5.03. The van der Waals surface area contributed by atoms with Crippen LogP contribution in [0.2, 0.25) is 0 Å².